The van der Waals surface area contributed by atoms with Gasteiger partial charge < -0.3 is 9.84 Å². The Morgan fingerprint density at radius 2 is 2.12 bits per heavy atom. The lowest BCUT2D eigenvalue weighted by Gasteiger charge is -2.18. The van der Waals surface area contributed by atoms with Crippen molar-refractivity contribution in [2.75, 3.05) is 6.54 Å². The Morgan fingerprint density at radius 1 is 1.25 bits per heavy atom. The van der Waals surface area contributed by atoms with Gasteiger partial charge in [0.1, 0.15) is 0 Å². The third-order valence-electron chi connectivity index (χ3n) is 4.95. The molecule has 0 radical (unpaired) electrons. The fraction of sp³-hybridized carbons (Fsp3) is 0.444. The standard InChI is InChI=1S/C18H20N4O2/c23-16(20-11-15-10-12-1-2-14(15)9-12)3-4-17-21-18(22-24-17)13-5-7-19-8-6-13/h1-2,5-8,12,14-15H,3-4,9-11H2,(H,20,23)/t12-,14-,15-/m0/s1. The van der Waals surface area contributed by atoms with Gasteiger partial charge in [-0.25, -0.2) is 0 Å². The molecule has 1 saturated carbocycles. The van der Waals surface area contributed by atoms with Crippen molar-refractivity contribution in [1.82, 2.24) is 20.4 Å². The van der Waals surface area contributed by atoms with Gasteiger partial charge in [-0.05, 0) is 42.7 Å². The Morgan fingerprint density at radius 3 is 2.88 bits per heavy atom. The van der Waals surface area contributed by atoms with Crippen LogP contribution in [0.4, 0.5) is 0 Å². The molecular weight excluding hydrogens is 304 g/mol. The van der Waals surface area contributed by atoms with Gasteiger partial charge in [-0.15, -0.1) is 0 Å². The lowest BCUT2D eigenvalue weighted by atomic mass is 9.93. The molecule has 2 aliphatic carbocycles. The van der Waals surface area contributed by atoms with E-state index in [9.17, 15) is 4.79 Å². The third-order valence-corrected chi connectivity index (χ3v) is 4.95. The van der Waals surface area contributed by atoms with Gasteiger partial charge in [-0.3, -0.25) is 9.78 Å². The van der Waals surface area contributed by atoms with E-state index in [1.807, 2.05) is 12.1 Å². The molecule has 124 valence electrons. The van der Waals surface area contributed by atoms with E-state index in [1.54, 1.807) is 12.4 Å². The average Bonchev–Trinajstić information content (AvgIpc) is 3.35. The number of nitrogens with zero attached hydrogens (tertiary/aromatic N) is 3. The van der Waals surface area contributed by atoms with Crippen LogP contribution in [0.5, 0.6) is 0 Å². The van der Waals surface area contributed by atoms with E-state index < -0.39 is 0 Å². The number of amides is 1. The van der Waals surface area contributed by atoms with E-state index in [2.05, 4.69) is 32.6 Å². The van der Waals surface area contributed by atoms with Gasteiger partial charge in [0.2, 0.25) is 17.6 Å². The van der Waals surface area contributed by atoms with Gasteiger partial charge in [-0.2, -0.15) is 4.98 Å². The van der Waals surface area contributed by atoms with Crippen LogP contribution >= 0.6 is 0 Å². The number of aryl methyl sites for hydroxylation is 1. The Labute approximate surface area is 140 Å². The summed E-state index contributed by atoms with van der Waals surface area (Å²) >= 11 is 0. The summed E-state index contributed by atoms with van der Waals surface area (Å²) in [5.41, 5.74) is 0.855. The van der Waals surface area contributed by atoms with Gasteiger partial charge in [0.15, 0.2) is 0 Å². The topological polar surface area (TPSA) is 80.9 Å². The van der Waals surface area contributed by atoms with E-state index in [1.165, 1.54) is 12.8 Å². The van der Waals surface area contributed by atoms with E-state index in [0.717, 1.165) is 18.0 Å². The molecule has 0 unspecified atom stereocenters. The maximum absolute atomic E-state index is 12.0. The summed E-state index contributed by atoms with van der Waals surface area (Å²) in [5, 5.41) is 6.99. The second-order valence-corrected chi connectivity index (χ2v) is 6.59. The summed E-state index contributed by atoms with van der Waals surface area (Å²) in [7, 11) is 0. The highest BCUT2D eigenvalue weighted by atomic mass is 16.5. The molecule has 6 nitrogen and oxygen atoms in total. The first-order valence-electron chi connectivity index (χ1n) is 8.46. The van der Waals surface area contributed by atoms with Crippen LogP contribution in [0, 0.1) is 17.8 Å². The van der Waals surface area contributed by atoms with Crippen molar-refractivity contribution in [3.05, 3.63) is 42.6 Å². The Balaban J connectivity index is 1.24. The minimum absolute atomic E-state index is 0.0467. The first-order valence-corrected chi connectivity index (χ1v) is 8.46. The van der Waals surface area contributed by atoms with Crippen LogP contribution in [0.3, 0.4) is 0 Å². The van der Waals surface area contributed by atoms with E-state index in [-0.39, 0.29) is 5.91 Å². The van der Waals surface area contributed by atoms with E-state index in [4.69, 9.17) is 4.52 Å². The van der Waals surface area contributed by atoms with Gasteiger partial charge in [-0.1, -0.05) is 17.3 Å². The van der Waals surface area contributed by atoms with Crippen molar-refractivity contribution in [3.63, 3.8) is 0 Å². The Bertz CT molecular complexity index is 740. The molecule has 2 aliphatic rings. The van der Waals surface area contributed by atoms with Crippen LogP contribution in [-0.4, -0.2) is 27.6 Å². The molecule has 1 fully saturated rings. The number of allylic oxidation sites excluding steroid dienone is 2. The molecule has 1 N–H and O–H groups in total. The van der Waals surface area contributed by atoms with Crippen molar-refractivity contribution >= 4 is 5.91 Å². The number of carbonyl (C=O) groups is 1. The van der Waals surface area contributed by atoms with Gasteiger partial charge >= 0.3 is 0 Å². The Hall–Kier alpha value is -2.50. The summed E-state index contributed by atoms with van der Waals surface area (Å²) < 4.78 is 5.22. The number of rotatable bonds is 6. The van der Waals surface area contributed by atoms with Crippen molar-refractivity contribution in [3.8, 4) is 11.4 Å². The third kappa shape index (κ3) is 3.22. The van der Waals surface area contributed by atoms with Crippen LogP contribution in [0.1, 0.15) is 25.2 Å². The second kappa shape index (κ2) is 6.55. The molecular formula is C18H20N4O2. The van der Waals surface area contributed by atoms with Crippen molar-refractivity contribution in [1.29, 1.82) is 0 Å². The normalized spacial score (nSPS) is 24.4. The average molecular weight is 324 g/mol. The van der Waals surface area contributed by atoms with Gasteiger partial charge in [0.05, 0.1) is 0 Å². The van der Waals surface area contributed by atoms with E-state index in [0.29, 0.717) is 36.4 Å². The molecule has 1 amide bonds. The zero-order valence-corrected chi connectivity index (χ0v) is 13.4. The quantitative estimate of drug-likeness (QED) is 0.825. The van der Waals surface area contributed by atoms with Crippen molar-refractivity contribution in [2.24, 2.45) is 17.8 Å². The second-order valence-electron chi connectivity index (χ2n) is 6.59. The Kier molecular flexibility index (Phi) is 4.11. The molecule has 2 bridgehead atoms. The predicted molar refractivity (Wildman–Crippen MR) is 87.7 cm³/mol. The summed E-state index contributed by atoms with van der Waals surface area (Å²) in [4.78, 5) is 20.3. The van der Waals surface area contributed by atoms with Crippen molar-refractivity contribution < 1.29 is 9.32 Å². The molecule has 2 aromatic heterocycles. The summed E-state index contributed by atoms with van der Waals surface area (Å²) in [6.07, 6.45) is 11.3. The first-order chi connectivity index (χ1) is 11.8. The summed E-state index contributed by atoms with van der Waals surface area (Å²) in [5.74, 6) is 3.06. The highest BCUT2D eigenvalue weighted by Gasteiger charge is 2.35. The lowest BCUT2D eigenvalue weighted by Crippen LogP contribution is -2.31. The number of fused-ring (bicyclic) bond motifs is 2. The first kappa shape index (κ1) is 15.1. The number of nitrogens with one attached hydrogen (secondary N) is 1. The fourth-order valence-electron chi connectivity index (χ4n) is 3.66. The summed E-state index contributed by atoms with van der Waals surface area (Å²) in [6, 6.07) is 3.65. The maximum Gasteiger partial charge on any atom is 0.227 e. The molecule has 24 heavy (non-hydrogen) atoms. The van der Waals surface area contributed by atoms with Crippen LogP contribution < -0.4 is 5.32 Å². The zero-order chi connectivity index (χ0) is 16.4. The molecule has 0 aliphatic heterocycles. The van der Waals surface area contributed by atoms with Crippen LogP contribution in [0.2, 0.25) is 0 Å². The number of hydrogen-bond acceptors (Lipinski definition) is 5. The molecule has 0 aromatic carbocycles. The maximum atomic E-state index is 12.0. The highest BCUT2D eigenvalue weighted by molar-refractivity contribution is 5.76. The predicted octanol–water partition coefficient (Wildman–Crippen LogP) is 2.39. The molecule has 3 atom stereocenters. The van der Waals surface area contributed by atoms with Gasteiger partial charge in [0, 0.05) is 37.3 Å². The number of aromatic nitrogens is 3. The number of pyridine rings is 1. The smallest absolute Gasteiger partial charge is 0.227 e. The fourth-order valence-corrected chi connectivity index (χ4v) is 3.66. The SMILES string of the molecule is O=C(CCc1nc(-c2ccncc2)no1)NC[C@@H]1C[C@H]2C=C[C@H]1C2. The van der Waals surface area contributed by atoms with Crippen LogP contribution in [-0.2, 0) is 11.2 Å². The lowest BCUT2D eigenvalue weighted by molar-refractivity contribution is -0.121. The van der Waals surface area contributed by atoms with Crippen molar-refractivity contribution in [2.45, 2.75) is 25.7 Å². The van der Waals surface area contributed by atoms with Crippen LogP contribution in [0.15, 0.2) is 41.2 Å². The molecule has 4 rings (SSSR count). The molecule has 6 heteroatoms. The highest BCUT2D eigenvalue weighted by Crippen LogP contribution is 2.42. The minimum atomic E-state index is 0.0467. The molecule has 0 saturated heterocycles. The monoisotopic (exact) mass is 324 g/mol. The zero-order valence-electron chi connectivity index (χ0n) is 13.4. The minimum Gasteiger partial charge on any atom is -0.356 e. The largest absolute Gasteiger partial charge is 0.356 e. The molecule has 0 spiro atoms. The number of carbonyl (C=O) groups excluding carboxylic acids is 1. The summed E-state index contributed by atoms with van der Waals surface area (Å²) in [6.45, 7) is 0.774. The van der Waals surface area contributed by atoms with Gasteiger partial charge in [0.25, 0.3) is 0 Å². The van der Waals surface area contributed by atoms with Crippen LogP contribution in [0.25, 0.3) is 11.4 Å². The molecule has 2 heterocycles. The van der Waals surface area contributed by atoms with E-state index >= 15 is 0 Å². The molecule has 2 aromatic rings. The number of hydrogen-bond donors (Lipinski definition) is 1.